The van der Waals surface area contributed by atoms with Gasteiger partial charge in [-0.2, -0.15) is 0 Å². The van der Waals surface area contributed by atoms with Gasteiger partial charge in [0, 0.05) is 11.6 Å². The molecule has 1 aromatic heterocycles. The number of aryl methyl sites for hydroxylation is 1. The number of aromatic nitrogens is 1. The summed E-state index contributed by atoms with van der Waals surface area (Å²) in [6.45, 7) is 7.81. The molecule has 1 radical (unpaired) electrons. The van der Waals surface area contributed by atoms with Crippen LogP contribution >= 0.6 is 11.3 Å². The summed E-state index contributed by atoms with van der Waals surface area (Å²) in [5.74, 6) is 0.0333. The molecule has 0 amide bonds. The Bertz CT molecular complexity index is 577. The number of carbonyl (C=O) groups excluding carboxylic acids is 1. The van der Waals surface area contributed by atoms with Gasteiger partial charge in [0.05, 0.1) is 11.1 Å². The van der Waals surface area contributed by atoms with E-state index in [0.29, 0.717) is 4.88 Å². The van der Waals surface area contributed by atoms with Crippen LogP contribution < -0.4 is 5.32 Å². The van der Waals surface area contributed by atoms with E-state index >= 15 is 0 Å². The van der Waals surface area contributed by atoms with Gasteiger partial charge in [-0.05, 0) is 25.8 Å². The van der Waals surface area contributed by atoms with Crippen LogP contribution in [0.3, 0.4) is 0 Å². The summed E-state index contributed by atoms with van der Waals surface area (Å²) >= 11 is 1.39. The number of benzene rings is 1. The molecule has 99 valence electrons. The number of thiazole rings is 1. The van der Waals surface area contributed by atoms with Crippen LogP contribution in [-0.2, 0) is 0 Å². The van der Waals surface area contributed by atoms with Crippen molar-refractivity contribution in [2.75, 3.05) is 5.32 Å². The minimum atomic E-state index is 0.0333. The van der Waals surface area contributed by atoms with Gasteiger partial charge in [0.1, 0.15) is 0 Å². The lowest BCUT2D eigenvalue weighted by molar-refractivity contribution is 0.104. The Morgan fingerprint density at radius 3 is 2.89 bits per heavy atom. The Hall–Kier alpha value is -1.68. The second-order valence-corrected chi connectivity index (χ2v) is 5.54. The molecule has 0 aliphatic rings. The lowest BCUT2D eigenvalue weighted by Crippen LogP contribution is -2.12. The average molecular weight is 273 g/mol. The maximum atomic E-state index is 12.4. The Morgan fingerprint density at radius 1 is 1.47 bits per heavy atom. The molecule has 4 heteroatoms. The number of hydrogen-bond acceptors (Lipinski definition) is 4. The largest absolute Gasteiger partial charge is 0.359 e. The van der Waals surface area contributed by atoms with Crippen molar-refractivity contribution in [2.45, 2.75) is 26.3 Å². The van der Waals surface area contributed by atoms with Gasteiger partial charge in [0.15, 0.2) is 5.13 Å². The van der Waals surface area contributed by atoms with Crippen LogP contribution in [0.4, 0.5) is 5.13 Å². The molecule has 0 saturated heterocycles. The Kier molecular flexibility index (Phi) is 4.32. The molecule has 3 nitrogen and oxygen atoms in total. The Balaban J connectivity index is 2.19. The van der Waals surface area contributed by atoms with Crippen molar-refractivity contribution in [3.63, 3.8) is 0 Å². The molecule has 2 aromatic rings. The SMILES string of the molecule is [CH2]CC(C)Nc1ncc(C(=O)c2ccccc2C)s1. The summed E-state index contributed by atoms with van der Waals surface area (Å²) in [5.41, 5.74) is 1.73. The third kappa shape index (κ3) is 3.20. The number of anilines is 1. The number of carbonyl (C=O) groups is 1. The van der Waals surface area contributed by atoms with E-state index in [1.165, 1.54) is 11.3 Å². The van der Waals surface area contributed by atoms with E-state index in [4.69, 9.17) is 0 Å². The molecular formula is C15H17N2OS. The third-order valence-corrected chi connectivity index (χ3v) is 3.85. The molecule has 0 spiro atoms. The molecule has 1 aromatic carbocycles. The Labute approximate surface area is 117 Å². The van der Waals surface area contributed by atoms with Crippen LogP contribution in [0, 0.1) is 13.8 Å². The molecule has 1 unspecified atom stereocenters. The van der Waals surface area contributed by atoms with Gasteiger partial charge in [-0.25, -0.2) is 4.98 Å². The van der Waals surface area contributed by atoms with E-state index in [-0.39, 0.29) is 11.8 Å². The maximum absolute atomic E-state index is 12.4. The predicted molar refractivity (Wildman–Crippen MR) is 79.8 cm³/mol. The van der Waals surface area contributed by atoms with Crippen molar-refractivity contribution >= 4 is 22.3 Å². The molecule has 1 heterocycles. The van der Waals surface area contributed by atoms with E-state index in [1.54, 1.807) is 6.20 Å². The highest BCUT2D eigenvalue weighted by Gasteiger charge is 2.15. The van der Waals surface area contributed by atoms with Gasteiger partial charge in [0.2, 0.25) is 5.78 Å². The van der Waals surface area contributed by atoms with Crippen LogP contribution in [0.25, 0.3) is 0 Å². The highest BCUT2D eigenvalue weighted by molar-refractivity contribution is 7.17. The van der Waals surface area contributed by atoms with Gasteiger partial charge in [-0.15, -0.1) is 0 Å². The smallest absolute Gasteiger partial charge is 0.204 e. The fourth-order valence-corrected chi connectivity index (χ4v) is 2.57. The van der Waals surface area contributed by atoms with E-state index in [9.17, 15) is 4.79 Å². The molecule has 0 saturated carbocycles. The van der Waals surface area contributed by atoms with E-state index in [0.717, 1.165) is 22.7 Å². The van der Waals surface area contributed by atoms with Crippen molar-refractivity contribution in [2.24, 2.45) is 0 Å². The number of hydrogen-bond donors (Lipinski definition) is 1. The quantitative estimate of drug-likeness (QED) is 0.844. The Morgan fingerprint density at radius 2 is 2.21 bits per heavy atom. The minimum Gasteiger partial charge on any atom is -0.359 e. The summed E-state index contributed by atoms with van der Waals surface area (Å²) < 4.78 is 0. The topological polar surface area (TPSA) is 42.0 Å². The predicted octanol–water partition coefficient (Wildman–Crippen LogP) is 3.71. The van der Waals surface area contributed by atoms with Crippen molar-refractivity contribution in [1.29, 1.82) is 0 Å². The molecule has 1 N–H and O–H groups in total. The molecule has 0 bridgehead atoms. The fourth-order valence-electron chi connectivity index (χ4n) is 1.69. The molecule has 2 rings (SSSR count). The lowest BCUT2D eigenvalue weighted by atomic mass is 10.0. The molecule has 0 aliphatic carbocycles. The molecule has 0 aliphatic heterocycles. The summed E-state index contributed by atoms with van der Waals surface area (Å²) in [6, 6.07) is 7.86. The summed E-state index contributed by atoms with van der Waals surface area (Å²) in [7, 11) is 0. The van der Waals surface area contributed by atoms with Crippen LogP contribution in [0.1, 0.15) is 34.1 Å². The normalized spacial score (nSPS) is 12.2. The van der Waals surface area contributed by atoms with Crippen molar-refractivity contribution in [3.05, 3.63) is 53.4 Å². The van der Waals surface area contributed by atoms with Gasteiger partial charge in [-0.1, -0.05) is 42.5 Å². The van der Waals surface area contributed by atoms with Gasteiger partial charge in [-0.3, -0.25) is 4.79 Å². The van der Waals surface area contributed by atoms with Crippen LogP contribution in [-0.4, -0.2) is 16.8 Å². The van der Waals surface area contributed by atoms with Crippen molar-refractivity contribution in [1.82, 2.24) is 4.98 Å². The highest BCUT2D eigenvalue weighted by atomic mass is 32.1. The molecule has 0 fully saturated rings. The van der Waals surface area contributed by atoms with E-state index in [2.05, 4.69) is 17.2 Å². The monoisotopic (exact) mass is 273 g/mol. The number of rotatable bonds is 5. The zero-order valence-corrected chi connectivity index (χ0v) is 12.0. The van der Waals surface area contributed by atoms with Crippen LogP contribution in [0.5, 0.6) is 0 Å². The summed E-state index contributed by atoms with van der Waals surface area (Å²) in [5, 5.41) is 4.00. The maximum Gasteiger partial charge on any atom is 0.204 e. The first-order chi connectivity index (χ1) is 9.11. The first kappa shape index (κ1) is 13.7. The highest BCUT2D eigenvalue weighted by Crippen LogP contribution is 2.23. The summed E-state index contributed by atoms with van der Waals surface area (Å²) in [6.07, 6.45) is 2.41. The fraction of sp³-hybridized carbons (Fsp3) is 0.267. The third-order valence-electron chi connectivity index (χ3n) is 2.92. The molecule has 19 heavy (non-hydrogen) atoms. The van der Waals surface area contributed by atoms with Gasteiger partial charge < -0.3 is 5.32 Å². The zero-order chi connectivity index (χ0) is 13.8. The number of ketones is 1. The molecule has 1 atom stereocenters. The van der Waals surface area contributed by atoms with Gasteiger partial charge >= 0.3 is 0 Å². The first-order valence-electron chi connectivity index (χ1n) is 6.23. The number of nitrogens with one attached hydrogen (secondary N) is 1. The standard InChI is InChI=1S/C15H17N2OS/c1-4-11(3)17-15-16-9-13(19-15)14(18)12-8-6-5-7-10(12)2/h5-9,11H,1,4H2,2-3H3,(H,16,17). The average Bonchev–Trinajstić information content (AvgIpc) is 2.87. The lowest BCUT2D eigenvalue weighted by Gasteiger charge is -2.08. The van der Waals surface area contributed by atoms with Crippen LogP contribution in [0.15, 0.2) is 30.5 Å². The second kappa shape index (κ2) is 5.97. The van der Waals surface area contributed by atoms with Crippen molar-refractivity contribution < 1.29 is 4.79 Å². The zero-order valence-electron chi connectivity index (χ0n) is 11.1. The summed E-state index contributed by atoms with van der Waals surface area (Å²) in [4.78, 5) is 17.3. The van der Waals surface area contributed by atoms with Crippen molar-refractivity contribution in [3.8, 4) is 0 Å². The molecular weight excluding hydrogens is 256 g/mol. The number of nitrogens with zero attached hydrogens (tertiary/aromatic N) is 1. The second-order valence-electron chi connectivity index (χ2n) is 4.51. The van der Waals surface area contributed by atoms with E-state index < -0.39 is 0 Å². The van der Waals surface area contributed by atoms with Crippen LogP contribution in [0.2, 0.25) is 0 Å². The van der Waals surface area contributed by atoms with Gasteiger partial charge in [0.25, 0.3) is 0 Å². The van der Waals surface area contributed by atoms with E-state index in [1.807, 2.05) is 38.1 Å². The first-order valence-corrected chi connectivity index (χ1v) is 7.05. The minimum absolute atomic E-state index is 0.0333.